The fourth-order valence-electron chi connectivity index (χ4n) is 2.75. The largest absolute Gasteiger partial charge is 0.290 e. The molecule has 0 aromatic heterocycles. The average molecular weight is 238 g/mol. The van der Waals surface area contributed by atoms with E-state index >= 15 is 0 Å². The highest BCUT2D eigenvalue weighted by Crippen LogP contribution is 2.30. The first kappa shape index (κ1) is 11.1. The van der Waals surface area contributed by atoms with Crippen molar-refractivity contribution in [3.63, 3.8) is 0 Å². The van der Waals surface area contributed by atoms with E-state index in [1.807, 2.05) is 12.1 Å². The number of rotatable bonds is 1. The second-order valence-corrected chi connectivity index (χ2v) is 4.81. The fraction of sp³-hybridized carbons (Fsp3) is 0.250. The number of aryl methyl sites for hydroxylation is 1. The summed E-state index contributed by atoms with van der Waals surface area (Å²) < 4.78 is 0. The van der Waals surface area contributed by atoms with Crippen molar-refractivity contribution in [2.45, 2.75) is 25.7 Å². The predicted octanol–water partition coefficient (Wildman–Crippen LogP) is 2.66. The molecule has 0 bridgehead atoms. The van der Waals surface area contributed by atoms with Gasteiger partial charge in [-0.1, -0.05) is 18.2 Å². The number of ketones is 2. The molecule has 2 aliphatic rings. The molecule has 0 saturated heterocycles. The zero-order valence-electron chi connectivity index (χ0n) is 10.1. The molecule has 18 heavy (non-hydrogen) atoms. The Balaban J connectivity index is 2.12. The highest BCUT2D eigenvalue weighted by Gasteiger charge is 2.20. The number of carbonyl (C=O) groups excluding carboxylic acids is 2. The van der Waals surface area contributed by atoms with Crippen molar-refractivity contribution < 1.29 is 9.59 Å². The van der Waals surface area contributed by atoms with Crippen LogP contribution in [0.15, 0.2) is 36.4 Å². The first-order chi connectivity index (χ1) is 8.75. The highest BCUT2D eigenvalue weighted by molar-refractivity contribution is 6.34. The van der Waals surface area contributed by atoms with Gasteiger partial charge in [-0.3, -0.25) is 9.59 Å². The number of fused-ring (bicyclic) bond motifs is 1. The molecule has 0 fully saturated rings. The Morgan fingerprint density at radius 3 is 2.67 bits per heavy atom. The van der Waals surface area contributed by atoms with E-state index in [0.717, 1.165) is 24.8 Å². The first-order valence-electron chi connectivity index (χ1n) is 6.35. The van der Waals surface area contributed by atoms with E-state index < -0.39 is 0 Å². The second kappa shape index (κ2) is 4.37. The average Bonchev–Trinajstić information content (AvgIpc) is 2.41. The van der Waals surface area contributed by atoms with Crippen molar-refractivity contribution in [3.05, 3.63) is 53.1 Å². The van der Waals surface area contributed by atoms with Crippen molar-refractivity contribution >= 4 is 17.1 Å². The molecule has 0 heterocycles. The Morgan fingerprint density at radius 1 is 0.944 bits per heavy atom. The molecule has 1 aromatic carbocycles. The molecule has 1 aromatic rings. The molecule has 90 valence electrons. The smallest absolute Gasteiger partial charge is 0.186 e. The van der Waals surface area contributed by atoms with Gasteiger partial charge in [0.2, 0.25) is 0 Å². The van der Waals surface area contributed by atoms with Crippen LogP contribution < -0.4 is 0 Å². The lowest BCUT2D eigenvalue weighted by atomic mass is 9.84. The molecule has 0 atom stereocenters. The van der Waals surface area contributed by atoms with Gasteiger partial charge in [-0.2, -0.15) is 0 Å². The number of hydrogen-bond donors (Lipinski definition) is 0. The summed E-state index contributed by atoms with van der Waals surface area (Å²) in [4.78, 5) is 23.4. The Labute approximate surface area is 106 Å². The minimum Gasteiger partial charge on any atom is -0.290 e. The summed E-state index contributed by atoms with van der Waals surface area (Å²) in [5, 5.41) is 0. The zero-order chi connectivity index (χ0) is 12.5. The normalized spacial score (nSPS) is 18.6. The van der Waals surface area contributed by atoms with Gasteiger partial charge in [0.15, 0.2) is 11.6 Å². The molecule has 2 aliphatic carbocycles. The molecule has 0 unspecified atom stereocenters. The third-order valence-corrected chi connectivity index (χ3v) is 3.64. The van der Waals surface area contributed by atoms with Crippen molar-refractivity contribution in [2.24, 2.45) is 0 Å². The van der Waals surface area contributed by atoms with Gasteiger partial charge in [-0.15, -0.1) is 0 Å². The van der Waals surface area contributed by atoms with Crippen LogP contribution in [0, 0.1) is 0 Å². The van der Waals surface area contributed by atoms with Crippen LogP contribution in [-0.4, -0.2) is 11.6 Å². The molecule has 0 spiro atoms. The molecule has 0 aliphatic heterocycles. The van der Waals surface area contributed by atoms with E-state index in [9.17, 15) is 9.59 Å². The van der Waals surface area contributed by atoms with Crippen molar-refractivity contribution in [2.75, 3.05) is 0 Å². The Morgan fingerprint density at radius 2 is 1.78 bits per heavy atom. The molecule has 2 nitrogen and oxygen atoms in total. The quantitative estimate of drug-likeness (QED) is 0.705. The number of allylic oxidation sites excluding steroid dienone is 4. The molecule has 3 rings (SSSR count). The van der Waals surface area contributed by atoms with Gasteiger partial charge in [-0.25, -0.2) is 0 Å². The van der Waals surface area contributed by atoms with Crippen molar-refractivity contribution in [1.29, 1.82) is 0 Å². The topological polar surface area (TPSA) is 34.1 Å². The molecule has 0 amide bonds. The Kier molecular flexibility index (Phi) is 2.71. The maximum atomic E-state index is 11.9. The van der Waals surface area contributed by atoms with E-state index in [4.69, 9.17) is 0 Å². The van der Waals surface area contributed by atoms with Crippen molar-refractivity contribution in [3.8, 4) is 0 Å². The minimum atomic E-state index is -0.0991. The summed E-state index contributed by atoms with van der Waals surface area (Å²) in [5.74, 6) is -0.161. The molecule has 2 heteroatoms. The zero-order valence-corrected chi connectivity index (χ0v) is 10.1. The first-order valence-corrected chi connectivity index (χ1v) is 6.35. The van der Waals surface area contributed by atoms with E-state index in [1.54, 1.807) is 0 Å². The Hall–Kier alpha value is -1.96. The Bertz CT molecular complexity index is 591. The lowest BCUT2D eigenvalue weighted by Crippen LogP contribution is -2.12. The van der Waals surface area contributed by atoms with E-state index in [1.165, 1.54) is 35.8 Å². The molecular formula is C16H14O2. The summed E-state index contributed by atoms with van der Waals surface area (Å²) in [6.45, 7) is 0. The van der Waals surface area contributed by atoms with Gasteiger partial charge in [0, 0.05) is 5.57 Å². The monoisotopic (exact) mass is 238 g/mol. The van der Waals surface area contributed by atoms with Crippen LogP contribution in [0.3, 0.4) is 0 Å². The van der Waals surface area contributed by atoms with E-state index in [2.05, 4.69) is 6.07 Å². The molecular weight excluding hydrogens is 224 g/mol. The van der Waals surface area contributed by atoms with Crippen LogP contribution in [0.2, 0.25) is 0 Å². The lowest BCUT2D eigenvalue weighted by Gasteiger charge is -2.20. The molecule has 0 radical (unpaired) electrons. The van der Waals surface area contributed by atoms with Crippen LogP contribution >= 0.6 is 0 Å². The maximum absolute atomic E-state index is 11.9. The number of benzene rings is 1. The summed E-state index contributed by atoms with van der Waals surface area (Å²) in [5.41, 5.74) is 4.09. The number of hydrogen-bond acceptors (Lipinski definition) is 2. The van der Waals surface area contributed by atoms with Crippen LogP contribution in [0.25, 0.3) is 5.57 Å². The van der Waals surface area contributed by atoms with Crippen LogP contribution in [0.4, 0.5) is 0 Å². The molecule has 0 saturated carbocycles. The third kappa shape index (κ3) is 1.84. The maximum Gasteiger partial charge on any atom is 0.186 e. The van der Waals surface area contributed by atoms with Gasteiger partial charge in [0.1, 0.15) is 0 Å². The summed E-state index contributed by atoms with van der Waals surface area (Å²) >= 11 is 0. The SMILES string of the molecule is O=C1C=CC(=O)C(c2cccc3c2CCCC3)=C1. The minimum absolute atomic E-state index is 0.0615. The van der Waals surface area contributed by atoms with Crippen LogP contribution in [-0.2, 0) is 22.4 Å². The highest BCUT2D eigenvalue weighted by atomic mass is 16.1. The lowest BCUT2D eigenvalue weighted by molar-refractivity contribution is -0.113. The fourth-order valence-corrected chi connectivity index (χ4v) is 2.75. The van der Waals surface area contributed by atoms with Gasteiger partial charge < -0.3 is 0 Å². The summed E-state index contributed by atoms with van der Waals surface area (Å²) in [6.07, 6.45) is 8.63. The summed E-state index contributed by atoms with van der Waals surface area (Å²) in [7, 11) is 0. The summed E-state index contributed by atoms with van der Waals surface area (Å²) in [6, 6.07) is 6.07. The third-order valence-electron chi connectivity index (χ3n) is 3.64. The number of carbonyl (C=O) groups is 2. The van der Waals surface area contributed by atoms with Gasteiger partial charge in [0.05, 0.1) is 0 Å². The predicted molar refractivity (Wildman–Crippen MR) is 70.2 cm³/mol. The van der Waals surface area contributed by atoms with E-state index in [0.29, 0.717) is 5.57 Å². The standard InChI is InChI=1S/C16H14O2/c17-12-8-9-16(18)15(10-12)14-7-3-5-11-4-1-2-6-13(11)14/h3,5,7-10H,1-2,4,6H2. The van der Waals surface area contributed by atoms with E-state index in [-0.39, 0.29) is 11.6 Å². The van der Waals surface area contributed by atoms with Gasteiger partial charge in [-0.05, 0) is 60.6 Å². The molecule has 0 N–H and O–H groups in total. The van der Waals surface area contributed by atoms with Gasteiger partial charge >= 0.3 is 0 Å². The second-order valence-electron chi connectivity index (χ2n) is 4.81. The van der Waals surface area contributed by atoms with Gasteiger partial charge in [0.25, 0.3) is 0 Å². The van der Waals surface area contributed by atoms with Crippen molar-refractivity contribution in [1.82, 2.24) is 0 Å². The van der Waals surface area contributed by atoms with Crippen LogP contribution in [0.5, 0.6) is 0 Å². The van der Waals surface area contributed by atoms with Crippen LogP contribution in [0.1, 0.15) is 29.5 Å².